The maximum atomic E-state index is 12.9. The monoisotopic (exact) mass is 339 g/mol. The number of hydrogen-bond donors (Lipinski definition) is 0. The normalized spacial score (nSPS) is 22.5. The van der Waals surface area contributed by atoms with E-state index in [1.165, 1.54) is 16.0 Å². The SMILES string of the molecule is COc1ccc(N2C(=O)C3CC=C(CCC=C(C)C)CC3C2=O)cc1. The molecular formula is C21H25NO3. The van der Waals surface area contributed by atoms with Crippen LogP contribution in [0.15, 0.2) is 47.6 Å². The van der Waals surface area contributed by atoms with E-state index < -0.39 is 0 Å². The number of ether oxygens (including phenoxy) is 1. The summed E-state index contributed by atoms with van der Waals surface area (Å²) >= 11 is 0. The number of rotatable bonds is 5. The molecule has 1 aliphatic heterocycles. The van der Waals surface area contributed by atoms with Crippen molar-refractivity contribution in [2.24, 2.45) is 11.8 Å². The highest BCUT2D eigenvalue weighted by molar-refractivity contribution is 6.22. The standard InChI is InChI=1S/C21H25NO3/c1-14(2)5-4-6-15-7-12-18-19(13-15)21(24)22(20(18)23)16-8-10-17(25-3)11-9-16/h5,7-11,18-19H,4,6,12-13H2,1-3H3. The zero-order chi connectivity index (χ0) is 18.0. The predicted molar refractivity (Wildman–Crippen MR) is 98.4 cm³/mol. The maximum absolute atomic E-state index is 12.9. The third-order valence-electron chi connectivity index (χ3n) is 5.05. The van der Waals surface area contributed by atoms with Crippen LogP contribution in [-0.4, -0.2) is 18.9 Å². The first-order chi connectivity index (χ1) is 12.0. The molecule has 0 aromatic heterocycles. The van der Waals surface area contributed by atoms with Crippen LogP contribution in [0.4, 0.5) is 5.69 Å². The summed E-state index contributed by atoms with van der Waals surface area (Å²) in [5.74, 6) is 0.166. The Balaban J connectivity index is 1.73. The summed E-state index contributed by atoms with van der Waals surface area (Å²) in [4.78, 5) is 27.0. The van der Waals surface area contributed by atoms with Gasteiger partial charge in [-0.1, -0.05) is 23.3 Å². The van der Waals surface area contributed by atoms with Gasteiger partial charge >= 0.3 is 0 Å². The van der Waals surface area contributed by atoms with Gasteiger partial charge in [-0.05, 0) is 63.8 Å². The Bertz CT molecular complexity index is 726. The highest BCUT2D eigenvalue weighted by Crippen LogP contribution is 2.41. The highest BCUT2D eigenvalue weighted by atomic mass is 16.5. The van der Waals surface area contributed by atoms with E-state index in [2.05, 4.69) is 26.0 Å². The fraction of sp³-hybridized carbons (Fsp3) is 0.429. The summed E-state index contributed by atoms with van der Waals surface area (Å²) in [5.41, 5.74) is 3.25. The molecule has 1 aromatic rings. The molecule has 1 heterocycles. The fourth-order valence-corrected chi connectivity index (χ4v) is 3.67. The van der Waals surface area contributed by atoms with Crippen LogP contribution in [0.1, 0.15) is 39.5 Å². The number of allylic oxidation sites excluding steroid dienone is 4. The van der Waals surface area contributed by atoms with Gasteiger partial charge in [-0.25, -0.2) is 0 Å². The van der Waals surface area contributed by atoms with Crippen LogP contribution in [0.25, 0.3) is 0 Å². The molecule has 2 aliphatic rings. The molecule has 0 spiro atoms. The van der Waals surface area contributed by atoms with Gasteiger partial charge in [0.25, 0.3) is 0 Å². The topological polar surface area (TPSA) is 46.6 Å². The quantitative estimate of drug-likeness (QED) is 0.594. The van der Waals surface area contributed by atoms with Crippen LogP contribution in [0.5, 0.6) is 5.75 Å². The molecule has 25 heavy (non-hydrogen) atoms. The number of nitrogens with zero attached hydrogens (tertiary/aromatic N) is 1. The minimum atomic E-state index is -0.207. The lowest BCUT2D eigenvalue weighted by Crippen LogP contribution is -2.30. The number of benzene rings is 1. The molecule has 2 unspecified atom stereocenters. The van der Waals surface area contributed by atoms with Crippen molar-refractivity contribution in [3.8, 4) is 5.75 Å². The molecule has 2 atom stereocenters. The van der Waals surface area contributed by atoms with Crippen molar-refractivity contribution >= 4 is 17.5 Å². The predicted octanol–water partition coefficient (Wildman–Crippen LogP) is 4.27. The van der Waals surface area contributed by atoms with Crippen molar-refractivity contribution in [1.82, 2.24) is 0 Å². The first kappa shape index (κ1) is 17.5. The van der Waals surface area contributed by atoms with Gasteiger partial charge in [0.1, 0.15) is 5.75 Å². The summed E-state index contributed by atoms with van der Waals surface area (Å²) in [7, 11) is 1.60. The van der Waals surface area contributed by atoms with Gasteiger partial charge in [-0.2, -0.15) is 0 Å². The van der Waals surface area contributed by atoms with E-state index >= 15 is 0 Å². The number of methoxy groups -OCH3 is 1. The van der Waals surface area contributed by atoms with Crippen molar-refractivity contribution in [3.05, 3.63) is 47.6 Å². The van der Waals surface area contributed by atoms with Gasteiger partial charge < -0.3 is 4.74 Å². The Morgan fingerprint density at radius 2 is 1.84 bits per heavy atom. The molecule has 4 heteroatoms. The van der Waals surface area contributed by atoms with Crippen molar-refractivity contribution in [1.29, 1.82) is 0 Å². The Kier molecular flexibility index (Phi) is 5.07. The van der Waals surface area contributed by atoms with Crippen molar-refractivity contribution in [3.63, 3.8) is 0 Å². The Hall–Kier alpha value is -2.36. The number of hydrogen-bond acceptors (Lipinski definition) is 3. The van der Waals surface area contributed by atoms with E-state index in [9.17, 15) is 9.59 Å². The second kappa shape index (κ2) is 7.26. The molecule has 1 saturated heterocycles. The van der Waals surface area contributed by atoms with Gasteiger partial charge in [0.2, 0.25) is 11.8 Å². The van der Waals surface area contributed by atoms with Crippen LogP contribution in [0.3, 0.4) is 0 Å². The number of carbonyl (C=O) groups is 2. The summed E-state index contributed by atoms with van der Waals surface area (Å²) in [5, 5.41) is 0. The van der Waals surface area contributed by atoms with Crippen molar-refractivity contribution in [2.75, 3.05) is 12.0 Å². The van der Waals surface area contributed by atoms with Gasteiger partial charge in [0.15, 0.2) is 0 Å². The minimum Gasteiger partial charge on any atom is -0.497 e. The van der Waals surface area contributed by atoms with Gasteiger partial charge in [-0.3, -0.25) is 14.5 Å². The molecule has 4 nitrogen and oxygen atoms in total. The smallest absolute Gasteiger partial charge is 0.238 e. The van der Waals surface area contributed by atoms with E-state index in [1.54, 1.807) is 31.4 Å². The number of carbonyl (C=O) groups excluding carboxylic acids is 2. The number of anilines is 1. The molecule has 1 aromatic carbocycles. The molecule has 0 saturated carbocycles. The van der Waals surface area contributed by atoms with Crippen LogP contribution in [0, 0.1) is 11.8 Å². The molecule has 0 N–H and O–H groups in total. The summed E-state index contributed by atoms with van der Waals surface area (Å²) in [6.45, 7) is 4.19. The third kappa shape index (κ3) is 3.53. The molecule has 132 valence electrons. The highest BCUT2D eigenvalue weighted by Gasteiger charge is 2.48. The van der Waals surface area contributed by atoms with Gasteiger partial charge in [-0.15, -0.1) is 0 Å². The van der Waals surface area contributed by atoms with Gasteiger partial charge in [0.05, 0.1) is 24.6 Å². The Morgan fingerprint density at radius 3 is 2.48 bits per heavy atom. The van der Waals surface area contributed by atoms with E-state index in [0.29, 0.717) is 24.3 Å². The molecule has 2 amide bonds. The number of imide groups is 1. The first-order valence-electron chi connectivity index (χ1n) is 8.84. The minimum absolute atomic E-state index is 0.0621. The maximum Gasteiger partial charge on any atom is 0.238 e. The number of amides is 2. The second-order valence-electron chi connectivity index (χ2n) is 7.05. The van der Waals surface area contributed by atoms with E-state index in [1.807, 2.05) is 0 Å². The average molecular weight is 339 g/mol. The van der Waals surface area contributed by atoms with Crippen molar-refractivity contribution < 1.29 is 14.3 Å². The Morgan fingerprint density at radius 1 is 1.16 bits per heavy atom. The van der Waals surface area contributed by atoms with E-state index in [4.69, 9.17) is 4.74 Å². The molecule has 0 bridgehead atoms. The lowest BCUT2D eigenvalue weighted by Gasteiger charge is -2.21. The van der Waals surface area contributed by atoms with E-state index in [0.717, 1.165) is 12.8 Å². The van der Waals surface area contributed by atoms with Crippen LogP contribution in [-0.2, 0) is 9.59 Å². The lowest BCUT2D eigenvalue weighted by molar-refractivity contribution is -0.122. The zero-order valence-electron chi connectivity index (χ0n) is 15.1. The molecule has 1 aliphatic carbocycles. The molecular weight excluding hydrogens is 314 g/mol. The van der Waals surface area contributed by atoms with Crippen LogP contribution < -0.4 is 9.64 Å². The summed E-state index contributed by atoms with van der Waals surface area (Å²) in [6.07, 6.45) is 7.74. The third-order valence-corrected chi connectivity index (χ3v) is 5.05. The largest absolute Gasteiger partial charge is 0.497 e. The first-order valence-corrected chi connectivity index (χ1v) is 8.84. The second-order valence-corrected chi connectivity index (χ2v) is 7.05. The average Bonchev–Trinajstić information content (AvgIpc) is 2.85. The zero-order valence-corrected chi connectivity index (χ0v) is 15.1. The Labute approximate surface area is 149 Å². The molecule has 0 radical (unpaired) electrons. The van der Waals surface area contributed by atoms with E-state index in [-0.39, 0.29) is 23.7 Å². The summed E-state index contributed by atoms with van der Waals surface area (Å²) < 4.78 is 5.15. The van der Waals surface area contributed by atoms with Gasteiger partial charge in [0, 0.05) is 0 Å². The number of fused-ring (bicyclic) bond motifs is 1. The molecule has 1 fully saturated rings. The summed E-state index contributed by atoms with van der Waals surface area (Å²) in [6, 6.07) is 7.10. The fourth-order valence-electron chi connectivity index (χ4n) is 3.67. The lowest BCUT2D eigenvalue weighted by atomic mass is 9.80. The van der Waals surface area contributed by atoms with Crippen LogP contribution in [0.2, 0.25) is 0 Å². The van der Waals surface area contributed by atoms with Crippen LogP contribution >= 0.6 is 0 Å². The molecule has 3 rings (SSSR count). The van der Waals surface area contributed by atoms with Crippen molar-refractivity contribution in [2.45, 2.75) is 39.5 Å².